The van der Waals surface area contributed by atoms with Gasteiger partial charge >= 0.3 is 18.5 Å². The van der Waals surface area contributed by atoms with Crippen LogP contribution >= 0.6 is 11.6 Å². The quantitative estimate of drug-likeness (QED) is 0.245. The number of benzene rings is 2. The molecule has 6 nitrogen and oxygen atoms in total. The maximum atomic E-state index is 13.5. The molecule has 1 unspecified atom stereocenters. The fourth-order valence-corrected chi connectivity index (χ4v) is 3.09. The molecule has 0 saturated heterocycles. The van der Waals surface area contributed by atoms with Crippen molar-refractivity contribution >= 4 is 34.6 Å². The van der Waals surface area contributed by atoms with Gasteiger partial charge in [-0.05, 0) is 35.9 Å². The number of alkyl halides is 6. The van der Waals surface area contributed by atoms with Gasteiger partial charge in [0.05, 0.1) is 10.6 Å². The maximum absolute atomic E-state index is 13.5. The average molecular weight is 481 g/mol. The molecule has 3 aromatic rings. The van der Waals surface area contributed by atoms with Gasteiger partial charge in [0.1, 0.15) is 5.69 Å². The zero-order valence-electron chi connectivity index (χ0n) is 15.4. The van der Waals surface area contributed by atoms with E-state index in [1.807, 2.05) is 0 Å². The van der Waals surface area contributed by atoms with Crippen LogP contribution < -0.4 is 10.1 Å². The summed E-state index contributed by atoms with van der Waals surface area (Å²) < 4.78 is 83.8. The normalized spacial score (nSPS) is 13.1. The number of nitrogens with one attached hydrogen (secondary N) is 2. The molecular formula is C19H11ClF6N2O4. The summed E-state index contributed by atoms with van der Waals surface area (Å²) in [5.41, 5.74) is -2.30. The molecule has 1 aromatic heterocycles. The van der Waals surface area contributed by atoms with E-state index in [0.29, 0.717) is 12.1 Å². The smallest absolute Gasteiger partial charge is 0.449 e. The lowest BCUT2D eigenvalue weighted by atomic mass is 10.0. The lowest BCUT2D eigenvalue weighted by Gasteiger charge is -2.22. The first kappa shape index (κ1) is 23.3. The van der Waals surface area contributed by atoms with Gasteiger partial charge in [-0.1, -0.05) is 23.7 Å². The zero-order chi connectivity index (χ0) is 23.8. The van der Waals surface area contributed by atoms with E-state index in [4.69, 9.17) is 16.7 Å². The first-order valence-electron chi connectivity index (χ1n) is 8.53. The Morgan fingerprint density at radius 1 is 1.06 bits per heavy atom. The predicted octanol–water partition coefficient (Wildman–Crippen LogP) is 5.93. The molecule has 1 heterocycles. The van der Waals surface area contributed by atoms with E-state index in [1.165, 1.54) is 6.07 Å². The zero-order valence-corrected chi connectivity index (χ0v) is 16.2. The molecule has 0 bridgehead atoms. The third-order valence-corrected chi connectivity index (χ3v) is 4.56. The van der Waals surface area contributed by atoms with Crippen LogP contribution in [0.4, 0.5) is 31.1 Å². The second-order valence-electron chi connectivity index (χ2n) is 6.49. The molecule has 32 heavy (non-hydrogen) atoms. The van der Waals surface area contributed by atoms with Crippen LogP contribution in [-0.4, -0.2) is 28.3 Å². The van der Waals surface area contributed by atoms with Crippen LogP contribution in [-0.2, 0) is 6.18 Å². The van der Waals surface area contributed by atoms with Gasteiger partial charge in [-0.3, -0.25) is 4.79 Å². The molecule has 1 amide bonds. The van der Waals surface area contributed by atoms with E-state index in [9.17, 15) is 35.9 Å². The number of halogens is 7. The van der Waals surface area contributed by atoms with Crippen LogP contribution in [0.5, 0.6) is 5.75 Å². The molecule has 0 saturated carbocycles. The second-order valence-corrected chi connectivity index (χ2v) is 6.90. The molecule has 1 atom stereocenters. The number of hydrogen-bond donors (Lipinski definition) is 3. The number of carbonyl (C=O) groups excluding carboxylic acids is 1. The third kappa shape index (κ3) is 5.07. The number of rotatable bonds is 4. The first-order chi connectivity index (χ1) is 14.8. The Hall–Kier alpha value is -3.41. The lowest BCUT2D eigenvalue weighted by molar-refractivity contribution is -0.156. The molecule has 0 fully saturated rings. The summed E-state index contributed by atoms with van der Waals surface area (Å²) in [6.07, 6.45) is -11.6. The van der Waals surface area contributed by atoms with Gasteiger partial charge in [-0.15, -0.1) is 0 Å². The minimum atomic E-state index is -5.10. The lowest BCUT2D eigenvalue weighted by Crippen LogP contribution is -2.38. The number of hydrogen-bond acceptors (Lipinski definition) is 3. The van der Waals surface area contributed by atoms with Crippen molar-refractivity contribution in [2.24, 2.45) is 0 Å². The van der Waals surface area contributed by atoms with Gasteiger partial charge in [0.2, 0.25) is 0 Å². The Balaban J connectivity index is 1.94. The molecule has 0 aliphatic carbocycles. The van der Waals surface area contributed by atoms with Gasteiger partial charge < -0.3 is 20.1 Å². The maximum Gasteiger partial charge on any atom is 0.511 e. The molecule has 0 spiro atoms. The van der Waals surface area contributed by atoms with Gasteiger partial charge in [-0.25, -0.2) is 4.79 Å². The van der Waals surface area contributed by atoms with Crippen LogP contribution in [0.2, 0.25) is 5.02 Å². The van der Waals surface area contributed by atoms with Gasteiger partial charge in [0.15, 0.2) is 11.8 Å². The van der Waals surface area contributed by atoms with Crippen LogP contribution in [0.25, 0.3) is 10.9 Å². The summed E-state index contributed by atoms with van der Waals surface area (Å²) in [7, 11) is 0. The Morgan fingerprint density at radius 2 is 1.75 bits per heavy atom. The summed E-state index contributed by atoms with van der Waals surface area (Å²) >= 11 is 5.86. The monoisotopic (exact) mass is 480 g/mol. The Morgan fingerprint density at radius 3 is 2.34 bits per heavy atom. The van der Waals surface area contributed by atoms with Crippen LogP contribution in [0, 0.1) is 0 Å². The molecule has 13 heteroatoms. The van der Waals surface area contributed by atoms with E-state index >= 15 is 0 Å². The first-order valence-corrected chi connectivity index (χ1v) is 8.91. The third-order valence-electron chi connectivity index (χ3n) is 4.27. The summed E-state index contributed by atoms with van der Waals surface area (Å²) in [5, 5.41) is 10.4. The van der Waals surface area contributed by atoms with Gasteiger partial charge in [-0.2, -0.15) is 26.3 Å². The fourth-order valence-electron chi connectivity index (χ4n) is 2.89. The highest BCUT2D eigenvalue weighted by Crippen LogP contribution is 2.37. The summed E-state index contributed by atoms with van der Waals surface area (Å²) in [5.74, 6) is -1.53. The van der Waals surface area contributed by atoms with E-state index in [0.717, 1.165) is 24.3 Å². The van der Waals surface area contributed by atoms with Crippen LogP contribution in [0.3, 0.4) is 0 Å². The van der Waals surface area contributed by atoms with Crippen molar-refractivity contribution in [3.63, 3.8) is 0 Å². The van der Waals surface area contributed by atoms with E-state index in [-0.39, 0.29) is 27.4 Å². The standard InChI is InChI=1S/C19H11ClF6N2O4/c20-11-7-12-9(6-14(11)32-17(30)31)5-13(27-12)16(29)28-15(19(24,25)26)8-2-1-3-10(4-8)18(21,22)23/h1-7,15,27H,(H,28,29)(H,30,31). The van der Waals surface area contributed by atoms with Gasteiger partial charge in [0, 0.05) is 10.9 Å². The molecule has 3 rings (SSSR count). The van der Waals surface area contributed by atoms with Gasteiger partial charge in [0.25, 0.3) is 5.91 Å². The number of carboxylic acid groups (broad SMARTS) is 1. The molecule has 3 N–H and O–H groups in total. The second kappa shape index (κ2) is 8.26. The highest BCUT2D eigenvalue weighted by atomic mass is 35.5. The summed E-state index contributed by atoms with van der Waals surface area (Å²) in [6.45, 7) is 0. The van der Waals surface area contributed by atoms with Crippen LogP contribution in [0.1, 0.15) is 27.7 Å². The number of amides is 1. The molecule has 0 aliphatic heterocycles. The minimum absolute atomic E-state index is 0.147. The van der Waals surface area contributed by atoms with E-state index in [2.05, 4.69) is 9.72 Å². The number of H-pyrrole nitrogens is 1. The number of aromatic amines is 1. The molecule has 0 aliphatic rings. The Bertz CT molecular complexity index is 1190. The van der Waals surface area contributed by atoms with Crippen molar-refractivity contribution < 1.29 is 45.8 Å². The minimum Gasteiger partial charge on any atom is -0.449 e. The highest BCUT2D eigenvalue weighted by molar-refractivity contribution is 6.33. The van der Waals surface area contributed by atoms with Crippen molar-refractivity contribution in [3.8, 4) is 5.75 Å². The van der Waals surface area contributed by atoms with Crippen LogP contribution in [0.15, 0.2) is 42.5 Å². The Labute approximate surface area is 179 Å². The van der Waals surface area contributed by atoms with Crippen molar-refractivity contribution in [2.75, 3.05) is 0 Å². The predicted molar refractivity (Wildman–Crippen MR) is 99.7 cm³/mol. The topological polar surface area (TPSA) is 91.4 Å². The molecule has 0 radical (unpaired) electrons. The van der Waals surface area contributed by atoms with E-state index < -0.39 is 41.6 Å². The number of ether oxygens (including phenoxy) is 1. The fraction of sp³-hybridized carbons (Fsp3) is 0.158. The van der Waals surface area contributed by atoms with Crippen molar-refractivity contribution in [2.45, 2.75) is 18.4 Å². The SMILES string of the molecule is O=C(O)Oc1cc2cc(C(=O)NC(c3cccc(C(F)(F)F)c3)C(F)(F)F)[nH]c2cc1Cl. The summed E-state index contributed by atoms with van der Waals surface area (Å²) in [6, 6.07) is 3.25. The van der Waals surface area contributed by atoms with Crippen molar-refractivity contribution in [1.82, 2.24) is 10.3 Å². The molecule has 2 aromatic carbocycles. The van der Waals surface area contributed by atoms with Crippen molar-refractivity contribution in [1.29, 1.82) is 0 Å². The Kier molecular flexibility index (Phi) is 6.00. The number of fused-ring (bicyclic) bond motifs is 1. The summed E-state index contributed by atoms with van der Waals surface area (Å²) in [4.78, 5) is 25.6. The molecule has 170 valence electrons. The van der Waals surface area contributed by atoms with E-state index in [1.54, 1.807) is 5.32 Å². The highest BCUT2D eigenvalue weighted by Gasteiger charge is 2.43. The largest absolute Gasteiger partial charge is 0.511 e. The molecular weight excluding hydrogens is 470 g/mol. The number of carbonyl (C=O) groups is 2. The number of aromatic nitrogens is 1. The average Bonchev–Trinajstić information content (AvgIpc) is 3.07. The van der Waals surface area contributed by atoms with Crippen molar-refractivity contribution in [3.05, 3.63) is 64.3 Å².